The van der Waals surface area contributed by atoms with Gasteiger partial charge in [0.2, 0.25) is 0 Å². The molecule has 9 heteroatoms. The van der Waals surface area contributed by atoms with Crippen LogP contribution >= 0.6 is 35.3 Å². The van der Waals surface area contributed by atoms with E-state index in [1.54, 1.807) is 55.0 Å². The Morgan fingerprint density at radius 1 is 1.36 bits per heavy atom. The highest BCUT2D eigenvalue weighted by atomic mass is 32.2. The molecule has 1 aliphatic heterocycles. The van der Waals surface area contributed by atoms with Gasteiger partial charge in [0.15, 0.2) is 15.8 Å². The van der Waals surface area contributed by atoms with Gasteiger partial charge in [0.1, 0.15) is 6.61 Å². The van der Waals surface area contributed by atoms with Gasteiger partial charge in [-0.05, 0) is 47.4 Å². The van der Waals surface area contributed by atoms with E-state index in [1.165, 1.54) is 11.3 Å². The summed E-state index contributed by atoms with van der Waals surface area (Å²) in [6, 6.07) is 8.76. The van der Waals surface area contributed by atoms with Gasteiger partial charge in [-0.3, -0.25) is 15.0 Å². The third-order valence-corrected chi connectivity index (χ3v) is 5.76. The second kappa shape index (κ2) is 9.05. The SMILES string of the molecule is C=CCOc1ccc(/C=C2/SC(=S)N(NC(=O)c3cccs3)C2=O)cc1OC. The van der Waals surface area contributed by atoms with Gasteiger partial charge in [-0.25, -0.2) is 0 Å². The molecule has 0 unspecified atom stereocenters. The van der Waals surface area contributed by atoms with Crippen molar-refractivity contribution in [3.63, 3.8) is 0 Å². The van der Waals surface area contributed by atoms with Crippen molar-refractivity contribution in [3.8, 4) is 11.5 Å². The molecule has 1 fully saturated rings. The van der Waals surface area contributed by atoms with Crippen LogP contribution in [-0.4, -0.2) is 34.9 Å². The Kier molecular flexibility index (Phi) is 6.50. The highest BCUT2D eigenvalue weighted by Gasteiger charge is 2.34. The first kappa shape index (κ1) is 20.1. The van der Waals surface area contributed by atoms with Crippen LogP contribution in [0.15, 0.2) is 53.3 Å². The number of thioether (sulfide) groups is 1. The Morgan fingerprint density at radius 3 is 2.86 bits per heavy atom. The fourth-order valence-electron chi connectivity index (χ4n) is 2.32. The zero-order chi connectivity index (χ0) is 20.1. The predicted molar refractivity (Wildman–Crippen MR) is 115 cm³/mol. The molecule has 2 heterocycles. The number of thiophene rings is 1. The molecule has 0 aliphatic carbocycles. The van der Waals surface area contributed by atoms with Gasteiger partial charge >= 0.3 is 0 Å². The summed E-state index contributed by atoms with van der Waals surface area (Å²) >= 11 is 7.64. The van der Waals surface area contributed by atoms with E-state index in [0.29, 0.717) is 27.9 Å². The van der Waals surface area contributed by atoms with Crippen molar-refractivity contribution in [2.75, 3.05) is 13.7 Å². The molecule has 0 radical (unpaired) electrons. The van der Waals surface area contributed by atoms with Gasteiger partial charge in [0, 0.05) is 0 Å². The fraction of sp³-hybridized carbons (Fsp3) is 0.105. The lowest BCUT2D eigenvalue weighted by atomic mass is 10.2. The standard InChI is InChI=1S/C19H16N2O4S3/c1-3-8-25-13-7-6-12(10-14(13)24-2)11-16-18(23)21(19(26)28-16)20-17(22)15-5-4-9-27-15/h3-7,9-11H,1,8H2,2H3,(H,20,22)/b16-11+. The number of ether oxygens (including phenoxy) is 2. The molecule has 1 aromatic heterocycles. The molecule has 2 aromatic rings. The van der Waals surface area contributed by atoms with Crippen LogP contribution in [0.2, 0.25) is 0 Å². The van der Waals surface area contributed by atoms with Gasteiger partial charge < -0.3 is 9.47 Å². The van der Waals surface area contributed by atoms with Crippen molar-refractivity contribution in [1.82, 2.24) is 10.4 Å². The fourth-order valence-corrected chi connectivity index (χ4v) is 4.11. The number of benzene rings is 1. The van der Waals surface area contributed by atoms with Gasteiger partial charge in [-0.1, -0.05) is 36.5 Å². The maximum absolute atomic E-state index is 12.7. The minimum absolute atomic E-state index is 0.263. The number of hydrogen-bond donors (Lipinski definition) is 1. The molecule has 1 aliphatic rings. The molecule has 1 aromatic carbocycles. The van der Waals surface area contributed by atoms with Crippen molar-refractivity contribution in [2.24, 2.45) is 0 Å². The lowest BCUT2D eigenvalue weighted by Gasteiger charge is -2.14. The van der Waals surface area contributed by atoms with Gasteiger partial charge in [-0.15, -0.1) is 11.3 Å². The molecule has 6 nitrogen and oxygen atoms in total. The summed E-state index contributed by atoms with van der Waals surface area (Å²) in [7, 11) is 1.54. The third kappa shape index (κ3) is 4.44. The van der Waals surface area contributed by atoms with Crippen molar-refractivity contribution >= 4 is 57.5 Å². The monoisotopic (exact) mass is 432 g/mol. The zero-order valence-corrected chi connectivity index (χ0v) is 17.3. The molecule has 0 spiro atoms. The topological polar surface area (TPSA) is 67.9 Å². The highest BCUT2D eigenvalue weighted by molar-refractivity contribution is 8.26. The Bertz CT molecular complexity index is 954. The number of amides is 2. The molecule has 1 saturated heterocycles. The van der Waals surface area contributed by atoms with Crippen LogP contribution < -0.4 is 14.9 Å². The molecular formula is C19H16N2O4S3. The van der Waals surface area contributed by atoms with Crippen molar-refractivity contribution in [2.45, 2.75) is 0 Å². The average molecular weight is 433 g/mol. The van der Waals surface area contributed by atoms with E-state index < -0.39 is 0 Å². The van der Waals surface area contributed by atoms with Crippen molar-refractivity contribution in [3.05, 3.63) is 63.7 Å². The van der Waals surface area contributed by atoms with Crippen LogP contribution in [0.25, 0.3) is 6.08 Å². The summed E-state index contributed by atoms with van der Waals surface area (Å²) in [6.07, 6.45) is 3.33. The first-order chi connectivity index (χ1) is 13.5. The van der Waals surface area contributed by atoms with E-state index in [-0.39, 0.29) is 16.1 Å². The van der Waals surface area contributed by atoms with Crippen LogP contribution in [0.1, 0.15) is 15.2 Å². The number of nitrogens with zero attached hydrogens (tertiary/aromatic N) is 1. The third-order valence-electron chi connectivity index (χ3n) is 3.59. The number of methoxy groups -OCH3 is 1. The largest absolute Gasteiger partial charge is 0.493 e. The zero-order valence-electron chi connectivity index (χ0n) is 14.8. The Labute approximate surface area is 175 Å². The maximum Gasteiger partial charge on any atom is 0.285 e. The molecule has 2 amide bonds. The number of hydrogen-bond acceptors (Lipinski definition) is 7. The van der Waals surface area contributed by atoms with Crippen molar-refractivity contribution in [1.29, 1.82) is 0 Å². The van der Waals surface area contributed by atoms with Crippen molar-refractivity contribution < 1.29 is 19.1 Å². The number of carbonyl (C=O) groups excluding carboxylic acids is 2. The summed E-state index contributed by atoms with van der Waals surface area (Å²) in [5.41, 5.74) is 3.29. The molecule has 144 valence electrons. The molecule has 3 rings (SSSR count). The van der Waals surface area contributed by atoms with Gasteiger partial charge in [0.25, 0.3) is 11.8 Å². The lowest BCUT2D eigenvalue weighted by molar-refractivity contribution is -0.123. The van der Waals surface area contributed by atoms with Crippen LogP contribution in [0.5, 0.6) is 11.5 Å². The number of rotatable bonds is 7. The molecule has 1 N–H and O–H groups in total. The predicted octanol–water partition coefficient (Wildman–Crippen LogP) is 3.87. The second-order valence-corrected chi connectivity index (χ2v) is 8.07. The maximum atomic E-state index is 12.7. The van der Waals surface area contributed by atoms with Gasteiger partial charge in [-0.2, -0.15) is 5.01 Å². The average Bonchev–Trinajstić information content (AvgIpc) is 3.32. The smallest absolute Gasteiger partial charge is 0.285 e. The Hall–Kier alpha value is -2.62. The van der Waals surface area contributed by atoms with E-state index in [1.807, 2.05) is 0 Å². The van der Waals surface area contributed by atoms with Crippen LogP contribution in [0.4, 0.5) is 0 Å². The number of thiocarbonyl (C=S) groups is 1. The number of hydrazine groups is 1. The quantitative estimate of drug-likeness (QED) is 0.407. The summed E-state index contributed by atoms with van der Waals surface area (Å²) in [4.78, 5) is 25.8. The summed E-state index contributed by atoms with van der Waals surface area (Å²) < 4.78 is 11.1. The Morgan fingerprint density at radius 2 is 2.18 bits per heavy atom. The molecule has 28 heavy (non-hydrogen) atoms. The molecule has 0 bridgehead atoms. The molecule has 0 saturated carbocycles. The normalized spacial score (nSPS) is 15.0. The Balaban J connectivity index is 1.77. The first-order valence-electron chi connectivity index (χ1n) is 8.07. The van der Waals surface area contributed by atoms with Crippen LogP contribution in [-0.2, 0) is 4.79 Å². The molecular weight excluding hydrogens is 416 g/mol. The second-order valence-electron chi connectivity index (χ2n) is 5.45. The van der Waals surface area contributed by atoms with E-state index in [4.69, 9.17) is 21.7 Å². The number of carbonyl (C=O) groups is 2. The summed E-state index contributed by atoms with van der Waals surface area (Å²) in [6.45, 7) is 3.97. The minimum atomic E-state index is -0.383. The van der Waals surface area contributed by atoms with E-state index in [0.717, 1.165) is 22.3 Å². The molecule has 0 atom stereocenters. The summed E-state index contributed by atoms with van der Waals surface area (Å²) in [5, 5.41) is 2.88. The van der Waals surface area contributed by atoms with Crippen LogP contribution in [0, 0.1) is 0 Å². The number of nitrogens with one attached hydrogen (secondary N) is 1. The lowest BCUT2D eigenvalue weighted by Crippen LogP contribution is -2.44. The minimum Gasteiger partial charge on any atom is -0.493 e. The van der Waals surface area contributed by atoms with E-state index >= 15 is 0 Å². The first-order valence-corrected chi connectivity index (χ1v) is 10.2. The van der Waals surface area contributed by atoms with E-state index in [9.17, 15) is 9.59 Å². The summed E-state index contributed by atoms with van der Waals surface area (Å²) in [5.74, 6) is 0.358. The highest BCUT2D eigenvalue weighted by Crippen LogP contribution is 2.34. The van der Waals surface area contributed by atoms with Gasteiger partial charge in [0.05, 0.1) is 16.9 Å². The van der Waals surface area contributed by atoms with E-state index in [2.05, 4.69) is 12.0 Å². The van der Waals surface area contributed by atoms with Crippen LogP contribution in [0.3, 0.4) is 0 Å².